The Morgan fingerprint density at radius 1 is 1.30 bits per heavy atom. The van der Waals surface area contributed by atoms with E-state index in [0.717, 1.165) is 5.56 Å². The number of nitrogens with zero attached hydrogens (tertiary/aromatic N) is 4. The lowest BCUT2D eigenvalue weighted by atomic mass is 10.2. The maximum absolute atomic E-state index is 13.5. The van der Waals surface area contributed by atoms with Crippen molar-refractivity contribution in [1.29, 1.82) is 0 Å². The van der Waals surface area contributed by atoms with Gasteiger partial charge in [0, 0.05) is 23.2 Å². The standard InChI is InChI=1S/C18H15ClFN5OS/c1-25-17(12-6-4-7-14(19)9-12)23-24-18(25)27-11-16(26)22-21-10-13-5-2-3-8-15(13)20/h2-10H,11H2,1H3,(H,22,26)/b21-10-. The van der Waals surface area contributed by atoms with Crippen molar-refractivity contribution in [3.8, 4) is 11.4 Å². The smallest absolute Gasteiger partial charge is 0.250 e. The van der Waals surface area contributed by atoms with Gasteiger partial charge < -0.3 is 4.57 Å². The summed E-state index contributed by atoms with van der Waals surface area (Å²) in [6.45, 7) is 0. The summed E-state index contributed by atoms with van der Waals surface area (Å²) in [5, 5.41) is 13.2. The van der Waals surface area contributed by atoms with Gasteiger partial charge in [-0.15, -0.1) is 10.2 Å². The number of halogens is 2. The number of carbonyl (C=O) groups is 1. The van der Waals surface area contributed by atoms with Gasteiger partial charge in [-0.05, 0) is 18.2 Å². The first-order valence-electron chi connectivity index (χ1n) is 7.89. The van der Waals surface area contributed by atoms with Crippen LogP contribution in [0.2, 0.25) is 5.02 Å². The van der Waals surface area contributed by atoms with Crippen molar-refractivity contribution in [2.45, 2.75) is 5.16 Å². The highest BCUT2D eigenvalue weighted by molar-refractivity contribution is 7.99. The van der Waals surface area contributed by atoms with Crippen LogP contribution in [0.3, 0.4) is 0 Å². The summed E-state index contributed by atoms with van der Waals surface area (Å²) in [6.07, 6.45) is 1.26. The van der Waals surface area contributed by atoms with Crippen LogP contribution < -0.4 is 5.43 Å². The molecule has 0 saturated heterocycles. The molecule has 0 fully saturated rings. The molecule has 0 aliphatic heterocycles. The fourth-order valence-electron chi connectivity index (χ4n) is 2.24. The molecule has 0 radical (unpaired) electrons. The third-order valence-electron chi connectivity index (χ3n) is 3.55. The minimum absolute atomic E-state index is 0.0934. The first kappa shape index (κ1) is 19.1. The minimum Gasteiger partial charge on any atom is -0.305 e. The average molecular weight is 404 g/mol. The van der Waals surface area contributed by atoms with Crippen molar-refractivity contribution in [3.05, 3.63) is 64.9 Å². The first-order chi connectivity index (χ1) is 13.0. The van der Waals surface area contributed by atoms with Crippen LogP contribution in [-0.2, 0) is 11.8 Å². The molecule has 1 aromatic heterocycles. The van der Waals surface area contributed by atoms with E-state index in [1.54, 1.807) is 34.9 Å². The van der Waals surface area contributed by atoms with E-state index in [0.29, 0.717) is 21.6 Å². The van der Waals surface area contributed by atoms with E-state index in [-0.39, 0.29) is 11.7 Å². The summed E-state index contributed by atoms with van der Waals surface area (Å²) in [6, 6.07) is 13.5. The molecule has 0 aliphatic rings. The fraction of sp³-hybridized carbons (Fsp3) is 0.111. The fourth-order valence-corrected chi connectivity index (χ4v) is 3.13. The monoisotopic (exact) mass is 403 g/mol. The van der Waals surface area contributed by atoms with Crippen LogP contribution in [0, 0.1) is 5.82 Å². The second-order valence-corrected chi connectivity index (χ2v) is 6.86. The van der Waals surface area contributed by atoms with E-state index in [1.165, 1.54) is 24.0 Å². The van der Waals surface area contributed by atoms with Crippen LogP contribution in [-0.4, -0.2) is 32.6 Å². The highest BCUT2D eigenvalue weighted by Gasteiger charge is 2.13. The Hall–Kier alpha value is -2.71. The molecule has 1 N–H and O–H groups in total. The Kier molecular flexibility index (Phi) is 6.20. The molecule has 6 nitrogen and oxygen atoms in total. The van der Waals surface area contributed by atoms with Crippen molar-refractivity contribution < 1.29 is 9.18 Å². The summed E-state index contributed by atoms with van der Waals surface area (Å²) in [5.74, 6) is 0.00577. The van der Waals surface area contributed by atoms with Gasteiger partial charge in [0.2, 0.25) is 0 Å². The number of benzene rings is 2. The van der Waals surface area contributed by atoms with E-state index < -0.39 is 5.82 Å². The minimum atomic E-state index is -0.405. The van der Waals surface area contributed by atoms with Crippen LogP contribution in [0.25, 0.3) is 11.4 Å². The summed E-state index contributed by atoms with van der Waals surface area (Å²) < 4.78 is 15.2. The van der Waals surface area contributed by atoms with Crippen molar-refractivity contribution in [2.75, 3.05) is 5.75 Å². The molecule has 0 saturated carbocycles. The predicted octanol–water partition coefficient (Wildman–Crippen LogP) is 3.52. The van der Waals surface area contributed by atoms with Crippen LogP contribution in [0.15, 0.2) is 58.8 Å². The number of hydrogen-bond acceptors (Lipinski definition) is 5. The molecule has 9 heteroatoms. The molecule has 3 aromatic rings. The van der Waals surface area contributed by atoms with Gasteiger partial charge in [-0.3, -0.25) is 4.79 Å². The van der Waals surface area contributed by atoms with Gasteiger partial charge in [0.15, 0.2) is 11.0 Å². The number of rotatable bonds is 6. The molecular formula is C18H15ClFN5OS. The van der Waals surface area contributed by atoms with E-state index in [2.05, 4.69) is 20.7 Å². The summed E-state index contributed by atoms with van der Waals surface area (Å²) >= 11 is 7.23. The number of thioether (sulfide) groups is 1. The van der Waals surface area contributed by atoms with Crippen LogP contribution in [0.1, 0.15) is 5.56 Å². The van der Waals surface area contributed by atoms with E-state index >= 15 is 0 Å². The van der Waals surface area contributed by atoms with Gasteiger partial charge in [-0.2, -0.15) is 5.10 Å². The first-order valence-corrected chi connectivity index (χ1v) is 9.25. The molecule has 0 aliphatic carbocycles. The number of amides is 1. The van der Waals surface area contributed by atoms with Gasteiger partial charge in [0.25, 0.3) is 5.91 Å². The van der Waals surface area contributed by atoms with Crippen LogP contribution in [0.4, 0.5) is 4.39 Å². The molecule has 0 unspecified atom stereocenters. The largest absolute Gasteiger partial charge is 0.305 e. The molecular weight excluding hydrogens is 389 g/mol. The lowest BCUT2D eigenvalue weighted by Crippen LogP contribution is -2.20. The van der Waals surface area contributed by atoms with Gasteiger partial charge in [0.05, 0.1) is 12.0 Å². The number of hydrazone groups is 1. The quantitative estimate of drug-likeness (QED) is 0.388. The topological polar surface area (TPSA) is 72.2 Å². The molecule has 1 amide bonds. The van der Waals surface area contributed by atoms with E-state index in [4.69, 9.17) is 11.6 Å². The SMILES string of the molecule is Cn1c(SCC(=O)N/N=C\c2ccccc2F)nnc1-c1cccc(Cl)c1. The highest BCUT2D eigenvalue weighted by atomic mass is 35.5. The van der Waals surface area contributed by atoms with Gasteiger partial charge in [-0.1, -0.05) is 53.7 Å². The zero-order valence-electron chi connectivity index (χ0n) is 14.3. The van der Waals surface area contributed by atoms with Crippen molar-refractivity contribution in [1.82, 2.24) is 20.2 Å². The van der Waals surface area contributed by atoms with Gasteiger partial charge in [0.1, 0.15) is 5.82 Å². The maximum Gasteiger partial charge on any atom is 0.250 e. The summed E-state index contributed by atoms with van der Waals surface area (Å²) in [4.78, 5) is 11.9. The number of aromatic nitrogens is 3. The predicted molar refractivity (Wildman–Crippen MR) is 104 cm³/mol. The number of nitrogens with one attached hydrogen (secondary N) is 1. The number of carbonyl (C=O) groups excluding carboxylic acids is 1. The van der Waals surface area contributed by atoms with Crippen LogP contribution >= 0.6 is 23.4 Å². The second-order valence-electron chi connectivity index (χ2n) is 5.48. The van der Waals surface area contributed by atoms with Crippen LogP contribution in [0.5, 0.6) is 0 Å². The molecule has 1 heterocycles. The van der Waals surface area contributed by atoms with E-state index in [1.807, 2.05) is 19.2 Å². The molecule has 27 heavy (non-hydrogen) atoms. The van der Waals surface area contributed by atoms with E-state index in [9.17, 15) is 9.18 Å². The van der Waals surface area contributed by atoms with Crippen molar-refractivity contribution in [3.63, 3.8) is 0 Å². The maximum atomic E-state index is 13.5. The normalized spacial score (nSPS) is 11.1. The Bertz CT molecular complexity index is 991. The third kappa shape index (κ3) is 4.93. The molecule has 0 bridgehead atoms. The Morgan fingerprint density at radius 3 is 2.89 bits per heavy atom. The zero-order chi connectivity index (χ0) is 19.2. The highest BCUT2D eigenvalue weighted by Crippen LogP contribution is 2.24. The van der Waals surface area contributed by atoms with Crippen molar-refractivity contribution in [2.24, 2.45) is 12.1 Å². The lowest BCUT2D eigenvalue weighted by molar-refractivity contribution is -0.118. The molecule has 0 atom stereocenters. The summed E-state index contributed by atoms with van der Waals surface area (Å²) in [5.41, 5.74) is 3.49. The molecule has 3 rings (SSSR count). The van der Waals surface area contributed by atoms with Gasteiger partial charge >= 0.3 is 0 Å². The molecule has 0 spiro atoms. The van der Waals surface area contributed by atoms with Gasteiger partial charge in [-0.25, -0.2) is 9.82 Å². The Labute approximate surface area is 164 Å². The molecule has 2 aromatic carbocycles. The third-order valence-corrected chi connectivity index (χ3v) is 4.80. The second kappa shape index (κ2) is 8.79. The zero-order valence-corrected chi connectivity index (χ0v) is 15.8. The Morgan fingerprint density at radius 2 is 2.11 bits per heavy atom. The average Bonchev–Trinajstić information content (AvgIpc) is 3.02. The lowest BCUT2D eigenvalue weighted by Gasteiger charge is -2.04. The summed E-state index contributed by atoms with van der Waals surface area (Å²) in [7, 11) is 1.81. The van der Waals surface area contributed by atoms with Crippen molar-refractivity contribution >= 4 is 35.5 Å². The number of hydrogen-bond donors (Lipinski definition) is 1. The molecule has 138 valence electrons. The Balaban J connectivity index is 1.57.